The molecule has 3 rings (SSSR count). The fourth-order valence-corrected chi connectivity index (χ4v) is 2.20. The minimum absolute atomic E-state index is 0.0617. The molecule has 24 heavy (non-hydrogen) atoms. The third-order valence-corrected chi connectivity index (χ3v) is 3.32. The Morgan fingerprint density at radius 1 is 1.04 bits per heavy atom. The monoisotopic (exact) mass is 337 g/mol. The van der Waals surface area contributed by atoms with E-state index in [1.165, 1.54) is 12.1 Å². The molecule has 4 nitrogen and oxygen atoms in total. The van der Waals surface area contributed by atoms with E-state index in [0.717, 1.165) is 23.8 Å². The molecule has 0 aliphatic carbocycles. The zero-order valence-electron chi connectivity index (χ0n) is 12.3. The number of benzene rings is 2. The minimum atomic E-state index is -4.76. The third kappa shape index (κ3) is 3.08. The Kier molecular flexibility index (Phi) is 3.75. The molecule has 0 fully saturated rings. The summed E-state index contributed by atoms with van der Waals surface area (Å²) in [4.78, 5) is 6.88. The average Bonchev–Trinajstić information content (AvgIpc) is 2.50. The summed E-state index contributed by atoms with van der Waals surface area (Å²) in [5, 5.41) is 12.6. The Balaban J connectivity index is 2.20. The number of nitrogens with one attached hydrogen (secondary N) is 1. The first-order valence-electron chi connectivity index (χ1n) is 6.85. The van der Waals surface area contributed by atoms with Crippen LogP contribution in [0, 0.1) is 12.7 Å². The van der Waals surface area contributed by atoms with Gasteiger partial charge in [0.15, 0.2) is 0 Å². The Morgan fingerprint density at radius 3 is 2.50 bits per heavy atom. The summed E-state index contributed by atoms with van der Waals surface area (Å²) in [6.45, 7) is 1.75. The number of rotatable bonds is 2. The molecule has 0 aliphatic rings. The number of anilines is 2. The maximum Gasteiger partial charge on any atom is 0.451 e. The highest BCUT2D eigenvalue weighted by molar-refractivity contribution is 5.91. The number of fused-ring (bicyclic) bond motifs is 1. The van der Waals surface area contributed by atoms with Gasteiger partial charge in [0.05, 0.1) is 11.2 Å². The summed E-state index contributed by atoms with van der Waals surface area (Å²) in [6.07, 6.45) is -4.76. The molecule has 124 valence electrons. The third-order valence-electron chi connectivity index (χ3n) is 3.32. The molecule has 1 aromatic heterocycles. The van der Waals surface area contributed by atoms with Crippen molar-refractivity contribution in [1.82, 2.24) is 9.97 Å². The van der Waals surface area contributed by atoms with Gasteiger partial charge in [-0.15, -0.1) is 0 Å². The zero-order chi connectivity index (χ0) is 17.5. The molecule has 0 saturated heterocycles. The van der Waals surface area contributed by atoms with Crippen LogP contribution in [0.25, 0.3) is 10.9 Å². The second-order valence-electron chi connectivity index (χ2n) is 5.20. The summed E-state index contributed by atoms with van der Waals surface area (Å²) < 4.78 is 52.4. The number of alkyl halides is 3. The number of aromatic hydroxyl groups is 1. The molecule has 0 amide bonds. The van der Waals surface area contributed by atoms with Gasteiger partial charge in [0.1, 0.15) is 17.4 Å². The number of halogens is 4. The Bertz CT molecular complexity index is 925. The molecule has 0 radical (unpaired) electrons. The lowest BCUT2D eigenvalue weighted by Crippen LogP contribution is -2.12. The van der Waals surface area contributed by atoms with E-state index in [-0.39, 0.29) is 28.2 Å². The molecular formula is C16H11F4N3O. The summed E-state index contributed by atoms with van der Waals surface area (Å²) in [5.74, 6) is -2.40. The highest BCUT2D eigenvalue weighted by atomic mass is 19.4. The van der Waals surface area contributed by atoms with Crippen LogP contribution in [0.5, 0.6) is 5.75 Å². The second kappa shape index (κ2) is 5.63. The van der Waals surface area contributed by atoms with Gasteiger partial charge in [-0.1, -0.05) is 6.07 Å². The SMILES string of the molecule is Cc1ccc(O)c(Nc2nc(C(F)(F)F)nc3ccc(F)cc23)c1. The summed E-state index contributed by atoms with van der Waals surface area (Å²) in [5.41, 5.74) is 0.872. The van der Waals surface area contributed by atoms with Crippen LogP contribution in [0.3, 0.4) is 0 Å². The molecule has 0 aliphatic heterocycles. The molecule has 2 N–H and O–H groups in total. The van der Waals surface area contributed by atoms with Crippen LogP contribution in [0.1, 0.15) is 11.4 Å². The molecular weight excluding hydrogens is 326 g/mol. The van der Waals surface area contributed by atoms with Crippen LogP contribution >= 0.6 is 0 Å². The minimum Gasteiger partial charge on any atom is -0.506 e. The van der Waals surface area contributed by atoms with Gasteiger partial charge >= 0.3 is 6.18 Å². The lowest BCUT2D eigenvalue weighted by atomic mass is 10.2. The van der Waals surface area contributed by atoms with Crippen LogP contribution in [0.2, 0.25) is 0 Å². The van der Waals surface area contributed by atoms with E-state index in [4.69, 9.17) is 0 Å². The maximum atomic E-state index is 13.5. The number of phenols is 1. The summed E-state index contributed by atoms with van der Waals surface area (Å²) in [7, 11) is 0. The van der Waals surface area contributed by atoms with E-state index in [0.29, 0.717) is 0 Å². The van der Waals surface area contributed by atoms with Gasteiger partial charge in [-0.2, -0.15) is 13.2 Å². The smallest absolute Gasteiger partial charge is 0.451 e. The first-order valence-corrected chi connectivity index (χ1v) is 6.85. The molecule has 0 unspecified atom stereocenters. The van der Waals surface area contributed by atoms with Gasteiger partial charge in [0.25, 0.3) is 0 Å². The first kappa shape index (κ1) is 16.0. The van der Waals surface area contributed by atoms with Crippen molar-refractivity contribution in [1.29, 1.82) is 0 Å². The standard InChI is InChI=1S/C16H11F4N3O/c1-8-2-5-13(24)12(6-8)21-14-10-7-9(17)3-4-11(10)22-15(23-14)16(18,19)20/h2-7,24H,1H3,(H,21,22,23). The van der Waals surface area contributed by atoms with E-state index >= 15 is 0 Å². The Hall–Kier alpha value is -2.90. The van der Waals surface area contributed by atoms with Crippen LogP contribution in [0.4, 0.5) is 29.1 Å². The lowest BCUT2D eigenvalue weighted by Gasteiger charge is -2.13. The van der Waals surface area contributed by atoms with Crippen molar-refractivity contribution in [2.45, 2.75) is 13.1 Å². The Morgan fingerprint density at radius 2 is 1.79 bits per heavy atom. The summed E-state index contributed by atoms with van der Waals surface area (Å²) in [6, 6.07) is 7.76. The van der Waals surface area contributed by atoms with Crippen molar-refractivity contribution in [3.05, 3.63) is 53.6 Å². The number of phenolic OH excluding ortho intramolecular Hbond substituents is 1. The van der Waals surface area contributed by atoms with Crippen molar-refractivity contribution in [2.24, 2.45) is 0 Å². The van der Waals surface area contributed by atoms with Crippen LogP contribution in [0.15, 0.2) is 36.4 Å². The lowest BCUT2D eigenvalue weighted by molar-refractivity contribution is -0.144. The van der Waals surface area contributed by atoms with Gasteiger partial charge in [0.2, 0.25) is 5.82 Å². The highest BCUT2D eigenvalue weighted by Crippen LogP contribution is 2.33. The quantitative estimate of drug-likeness (QED) is 0.532. The number of hydrogen-bond donors (Lipinski definition) is 2. The number of nitrogens with zero attached hydrogens (tertiary/aromatic N) is 2. The van der Waals surface area contributed by atoms with Crippen molar-refractivity contribution < 1.29 is 22.7 Å². The summed E-state index contributed by atoms with van der Waals surface area (Å²) >= 11 is 0. The normalized spacial score (nSPS) is 11.7. The zero-order valence-corrected chi connectivity index (χ0v) is 12.3. The predicted molar refractivity (Wildman–Crippen MR) is 80.6 cm³/mol. The van der Waals surface area contributed by atoms with Gasteiger partial charge in [-0.05, 0) is 42.8 Å². The Labute approximate surface area is 133 Å². The van der Waals surface area contributed by atoms with Crippen LogP contribution in [-0.2, 0) is 6.18 Å². The van der Waals surface area contributed by atoms with E-state index in [2.05, 4.69) is 15.3 Å². The fourth-order valence-electron chi connectivity index (χ4n) is 2.20. The van der Waals surface area contributed by atoms with Gasteiger partial charge < -0.3 is 10.4 Å². The molecule has 0 atom stereocenters. The van der Waals surface area contributed by atoms with Crippen molar-refractivity contribution in [2.75, 3.05) is 5.32 Å². The topological polar surface area (TPSA) is 58.0 Å². The van der Waals surface area contributed by atoms with E-state index in [1.807, 2.05) is 0 Å². The van der Waals surface area contributed by atoms with E-state index < -0.39 is 17.8 Å². The van der Waals surface area contributed by atoms with Gasteiger partial charge in [-0.3, -0.25) is 0 Å². The van der Waals surface area contributed by atoms with Crippen molar-refractivity contribution in [3.63, 3.8) is 0 Å². The number of aryl methyl sites for hydroxylation is 1. The largest absolute Gasteiger partial charge is 0.506 e. The number of aromatic nitrogens is 2. The first-order chi connectivity index (χ1) is 11.2. The number of hydrogen-bond acceptors (Lipinski definition) is 4. The molecule has 2 aromatic carbocycles. The van der Waals surface area contributed by atoms with Gasteiger partial charge in [0, 0.05) is 5.39 Å². The maximum absolute atomic E-state index is 13.5. The molecule has 0 saturated carbocycles. The second-order valence-corrected chi connectivity index (χ2v) is 5.20. The molecule has 8 heteroatoms. The predicted octanol–water partition coefficient (Wildman–Crippen LogP) is 4.55. The molecule has 0 bridgehead atoms. The van der Waals surface area contributed by atoms with Gasteiger partial charge in [-0.25, -0.2) is 14.4 Å². The molecule has 1 heterocycles. The fraction of sp³-hybridized carbons (Fsp3) is 0.125. The van der Waals surface area contributed by atoms with E-state index in [9.17, 15) is 22.7 Å². The highest BCUT2D eigenvalue weighted by Gasteiger charge is 2.35. The average molecular weight is 337 g/mol. The van der Waals surface area contributed by atoms with Crippen molar-refractivity contribution in [3.8, 4) is 5.75 Å². The molecule has 0 spiro atoms. The van der Waals surface area contributed by atoms with Crippen LogP contribution in [-0.4, -0.2) is 15.1 Å². The van der Waals surface area contributed by atoms with Crippen LogP contribution < -0.4 is 5.32 Å². The van der Waals surface area contributed by atoms with Crippen molar-refractivity contribution >= 4 is 22.4 Å². The molecule has 3 aromatic rings. The van der Waals surface area contributed by atoms with E-state index in [1.54, 1.807) is 13.0 Å².